The molecule has 0 spiro atoms. The van der Waals surface area contributed by atoms with Gasteiger partial charge in [-0.3, -0.25) is 0 Å². The first-order chi connectivity index (χ1) is 7.75. The molecule has 1 saturated heterocycles. The molecule has 1 N–H and O–H groups in total. The third-order valence-corrected chi connectivity index (χ3v) is 3.95. The van der Waals surface area contributed by atoms with Crippen LogP contribution in [0.1, 0.15) is 38.5 Å². The van der Waals surface area contributed by atoms with E-state index in [-0.39, 0.29) is 6.10 Å². The summed E-state index contributed by atoms with van der Waals surface area (Å²) in [5, 5.41) is 9.92. The molecule has 0 aromatic carbocycles. The van der Waals surface area contributed by atoms with Crippen molar-refractivity contribution in [1.82, 2.24) is 4.90 Å². The van der Waals surface area contributed by atoms with Crippen LogP contribution in [0.25, 0.3) is 0 Å². The summed E-state index contributed by atoms with van der Waals surface area (Å²) in [4.78, 5) is 2.34. The molecule has 2 rings (SSSR count). The van der Waals surface area contributed by atoms with Crippen LogP contribution in [0.5, 0.6) is 0 Å². The maximum Gasteiger partial charge on any atom is 0.0702 e. The summed E-state index contributed by atoms with van der Waals surface area (Å²) in [6, 6.07) is 0. The van der Waals surface area contributed by atoms with Gasteiger partial charge in [-0.25, -0.2) is 0 Å². The quantitative estimate of drug-likeness (QED) is 0.792. The molecule has 0 aromatic rings. The molecule has 2 fully saturated rings. The molecule has 3 atom stereocenters. The van der Waals surface area contributed by atoms with Crippen LogP contribution in [-0.2, 0) is 4.74 Å². The summed E-state index contributed by atoms with van der Waals surface area (Å²) in [7, 11) is 2.16. The lowest BCUT2D eigenvalue weighted by Crippen LogP contribution is -2.38. The minimum absolute atomic E-state index is 0.0688. The Morgan fingerprint density at radius 2 is 1.94 bits per heavy atom. The molecule has 0 radical (unpaired) electrons. The number of hydrogen-bond donors (Lipinski definition) is 1. The van der Waals surface area contributed by atoms with Crippen LogP contribution >= 0.6 is 0 Å². The van der Waals surface area contributed by atoms with Crippen molar-refractivity contribution in [3.8, 4) is 0 Å². The molecule has 94 valence electrons. The van der Waals surface area contributed by atoms with Gasteiger partial charge in [0.25, 0.3) is 0 Å². The molecule has 3 nitrogen and oxygen atoms in total. The van der Waals surface area contributed by atoms with Crippen LogP contribution in [0.4, 0.5) is 0 Å². The molecular formula is C13H25NO2. The number of aliphatic hydroxyl groups is 1. The lowest BCUT2D eigenvalue weighted by Gasteiger charge is -2.32. The van der Waals surface area contributed by atoms with Gasteiger partial charge in [0.1, 0.15) is 0 Å². The number of likely N-dealkylation sites (N-methyl/N-ethyl adjacent to an activating group) is 1. The van der Waals surface area contributed by atoms with Crippen molar-refractivity contribution in [2.24, 2.45) is 5.92 Å². The molecule has 1 heterocycles. The monoisotopic (exact) mass is 227 g/mol. The van der Waals surface area contributed by atoms with E-state index in [1.165, 1.54) is 32.1 Å². The van der Waals surface area contributed by atoms with Gasteiger partial charge >= 0.3 is 0 Å². The minimum Gasteiger partial charge on any atom is -0.393 e. The summed E-state index contributed by atoms with van der Waals surface area (Å²) in [5.74, 6) is 0.486. The first kappa shape index (κ1) is 12.3. The first-order valence-corrected chi connectivity index (χ1v) is 6.74. The molecule has 1 saturated carbocycles. The van der Waals surface area contributed by atoms with Crippen LogP contribution in [-0.4, -0.2) is 49.0 Å². The van der Waals surface area contributed by atoms with Crippen molar-refractivity contribution in [2.75, 3.05) is 26.7 Å². The van der Waals surface area contributed by atoms with Crippen molar-refractivity contribution < 1.29 is 9.84 Å². The SMILES string of the molecule is CN(CC1CCCO1)CC1CCCCC1O. The van der Waals surface area contributed by atoms with Gasteiger partial charge in [0, 0.05) is 19.7 Å². The topological polar surface area (TPSA) is 32.7 Å². The number of hydrogen-bond acceptors (Lipinski definition) is 3. The van der Waals surface area contributed by atoms with E-state index >= 15 is 0 Å². The molecule has 3 unspecified atom stereocenters. The van der Waals surface area contributed by atoms with Gasteiger partial charge in [-0.1, -0.05) is 12.8 Å². The van der Waals surface area contributed by atoms with Crippen LogP contribution in [0, 0.1) is 5.92 Å². The first-order valence-electron chi connectivity index (χ1n) is 6.74. The molecule has 16 heavy (non-hydrogen) atoms. The highest BCUT2D eigenvalue weighted by atomic mass is 16.5. The Balaban J connectivity index is 1.70. The Bertz CT molecular complexity index is 204. The van der Waals surface area contributed by atoms with E-state index in [4.69, 9.17) is 4.74 Å². The van der Waals surface area contributed by atoms with Crippen molar-refractivity contribution in [1.29, 1.82) is 0 Å². The van der Waals surface area contributed by atoms with Crippen molar-refractivity contribution in [2.45, 2.75) is 50.7 Å². The Kier molecular flexibility index (Phi) is 4.62. The Labute approximate surface area is 98.8 Å². The van der Waals surface area contributed by atoms with Gasteiger partial charge < -0.3 is 14.7 Å². The summed E-state index contributed by atoms with van der Waals surface area (Å²) >= 11 is 0. The molecule has 1 aliphatic carbocycles. The fourth-order valence-electron chi connectivity index (χ4n) is 3.01. The van der Waals surface area contributed by atoms with E-state index in [1.54, 1.807) is 0 Å². The van der Waals surface area contributed by atoms with Crippen LogP contribution in [0.2, 0.25) is 0 Å². The second-order valence-electron chi connectivity index (χ2n) is 5.47. The lowest BCUT2D eigenvalue weighted by atomic mass is 9.86. The normalized spacial score (nSPS) is 35.8. The van der Waals surface area contributed by atoms with Gasteiger partial charge in [0.2, 0.25) is 0 Å². The predicted molar refractivity (Wildman–Crippen MR) is 64.4 cm³/mol. The minimum atomic E-state index is -0.0688. The summed E-state index contributed by atoms with van der Waals surface area (Å²) in [6.07, 6.45) is 7.46. The number of ether oxygens (including phenoxy) is 1. The molecule has 0 bridgehead atoms. The van der Waals surface area contributed by atoms with E-state index in [0.717, 1.165) is 26.1 Å². The molecule has 0 amide bonds. The van der Waals surface area contributed by atoms with E-state index in [1.807, 2.05) is 0 Å². The Hall–Kier alpha value is -0.120. The van der Waals surface area contributed by atoms with Gasteiger partial charge in [-0.2, -0.15) is 0 Å². The van der Waals surface area contributed by atoms with Crippen molar-refractivity contribution in [3.63, 3.8) is 0 Å². The van der Waals surface area contributed by atoms with E-state index in [0.29, 0.717) is 12.0 Å². The fourth-order valence-corrected chi connectivity index (χ4v) is 3.01. The average molecular weight is 227 g/mol. The number of nitrogens with zero attached hydrogens (tertiary/aromatic N) is 1. The average Bonchev–Trinajstić information content (AvgIpc) is 2.74. The van der Waals surface area contributed by atoms with Crippen molar-refractivity contribution >= 4 is 0 Å². The standard InChI is InChI=1S/C13H25NO2/c1-14(10-12-6-4-8-16-12)9-11-5-2-3-7-13(11)15/h11-13,15H,2-10H2,1H3. The van der Waals surface area contributed by atoms with E-state index < -0.39 is 0 Å². The van der Waals surface area contributed by atoms with Crippen LogP contribution < -0.4 is 0 Å². The van der Waals surface area contributed by atoms with E-state index in [9.17, 15) is 5.11 Å². The zero-order chi connectivity index (χ0) is 11.4. The second kappa shape index (κ2) is 5.99. The highest BCUT2D eigenvalue weighted by Gasteiger charge is 2.25. The smallest absolute Gasteiger partial charge is 0.0702 e. The fraction of sp³-hybridized carbons (Fsp3) is 1.00. The zero-order valence-electron chi connectivity index (χ0n) is 10.4. The maximum absolute atomic E-state index is 9.92. The highest BCUT2D eigenvalue weighted by molar-refractivity contribution is 4.78. The lowest BCUT2D eigenvalue weighted by molar-refractivity contribution is 0.0336. The summed E-state index contributed by atoms with van der Waals surface area (Å²) < 4.78 is 5.64. The molecule has 2 aliphatic rings. The number of aliphatic hydroxyl groups excluding tert-OH is 1. The summed E-state index contributed by atoms with van der Waals surface area (Å²) in [6.45, 7) is 2.99. The molecule has 0 aromatic heterocycles. The van der Waals surface area contributed by atoms with Crippen molar-refractivity contribution in [3.05, 3.63) is 0 Å². The largest absolute Gasteiger partial charge is 0.393 e. The Morgan fingerprint density at radius 1 is 1.12 bits per heavy atom. The van der Waals surface area contributed by atoms with Crippen LogP contribution in [0.3, 0.4) is 0 Å². The van der Waals surface area contributed by atoms with Gasteiger partial charge in [0.15, 0.2) is 0 Å². The Morgan fingerprint density at radius 3 is 2.62 bits per heavy atom. The van der Waals surface area contributed by atoms with Crippen LogP contribution in [0.15, 0.2) is 0 Å². The highest BCUT2D eigenvalue weighted by Crippen LogP contribution is 2.25. The zero-order valence-corrected chi connectivity index (χ0v) is 10.4. The van der Waals surface area contributed by atoms with Gasteiger partial charge in [0.05, 0.1) is 12.2 Å². The third kappa shape index (κ3) is 3.44. The van der Waals surface area contributed by atoms with E-state index in [2.05, 4.69) is 11.9 Å². The van der Waals surface area contributed by atoms with Gasteiger partial charge in [-0.05, 0) is 38.6 Å². The predicted octanol–water partition coefficient (Wildman–Crippen LogP) is 1.65. The van der Waals surface area contributed by atoms with Gasteiger partial charge in [-0.15, -0.1) is 0 Å². The molecule has 1 aliphatic heterocycles. The molecular weight excluding hydrogens is 202 g/mol. The molecule has 3 heteroatoms. The summed E-state index contributed by atoms with van der Waals surface area (Å²) in [5.41, 5.74) is 0. The third-order valence-electron chi connectivity index (χ3n) is 3.95. The maximum atomic E-state index is 9.92. The second-order valence-corrected chi connectivity index (χ2v) is 5.47. The number of rotatable bonds is 4.